The Morgan fingerprint density at radius 3 is 2.90 bits per heavy atom. The Labute approximate surface area is 134 Å². The number of hydrogen-bond acceptors (Lipinski definition) is 5. The molecule has 1 aromatic carbocycles. The zero-order chi connectivity index (χ0) is 14.8. The zero-order valence-corrected chi connectivity index (χ0v) is 13.3. The van der Waals surface area contributed by atoms with Crippen LogP contribution in [0.3, 0.4) is 0 Å². The van der Waals surface area contributed by atoms with E-state index in [4.69, 9.17) is 17.3 Å². The Morgan fingerprint density at radius 1 is 1.29 bits per heavy atom. The van der Waals surface area contributed by atoms with E-state index >= 15 is 0 Å². The average Bonchev–Trinajstić information content (AvgIpc) is 3.02. The molecule has 108 valence electrons. The van der Waals surface area contributed by atoms with E-state index < -0.39 is 0 Å². The Balaban J connectivity index is 1.63. The van der Waals surface area contributed by atoms with E-state index in [9.17, 15) is 4.79 Å². The molecule has 0 aliphatic carbocycles. The lowest BCUT2D eigenvalue weighted by Gasteiger charge is -2.04. The van der Waals surface area contributed by atoms with Crippen molar-refractivity contribution in [1.82, 2.24) is 10.3 Å². The van der Waals surface area contributed by atoms with Crippen LogP contribution in [0.15, 0.2) is 30.3 Å². The predicted molar refractivity (Wildman–Crippen MR) is 89.4 cm³/mol. The van der Waals surface area contributed by atoms with Crippen molar-refractivity contribution in [3.8, 4) is 0 Å². The number of rotatable bonds is 4. The maximum atomic E-state index is 12.1. The van der Waals surface area contributed by atoms with Crippen LogP contribution in [0.2, 0.25) is 4.34 Å². The molecule has 3 rings (SSSR count). The number of halogens is 1. The highest BCUT2D eigenvalue weighted by molar-refractivity contribution is 7.22. The number of hydrogen-bond donors (Lipinski definition) is 2. The maximum Gasteiger partial charge on any atom is 0.251 e. The third-order valence-electron chi connectivity index (χ3n) is 2.95. The molecule has 0 spiro atoms. The van der Waals surface area contributed by atoms with Crippen molar-refractivity contribution in [3.05, 3.63) is 45.1 Å². The Morgan fingerprint density at radius 2 is 2.14 bits per heavy atom. The first kappa shape index (κ1) is 14.3. The molecule has 3 N–H and O–H groups in total. The van der Waals surface area contributed by atoms with Crippen molar-refractivity contribution >= 4 is 55.5 Å². The first-order chi connectivity index (χ1) is 10.1. The van der Waals surface area contributed by atoms with Gasteiger partial charge < -0.3 is 11.1 Å². The molecule has 0 atom stereocenters. The third-order valence-corrected chi connectivity index (χ3v) is 5.09. The predicted octanol–water partition coefficient (Wildman–Crippen LogP) is 3.57. The van der Waals surface area contributed by atoms with Gasteiger partial charge in [-0.15, -0.1) is 11.3 Å². The van der Waals surface area contributed by atoms with Crippen LogP contribution in [-0.4, -0.2) is 17.4 Å². The van der Waals surface area contributed by atoms with Crippen LogP contribution < -0.4 is 11.1 Å². The van der Waals surface area contributed by atoms with Gasteiger partial charge in [0.15, 0.2) is 5.13 Å². The second-order valence-electron chi connectivity index (χ2n) is 4.45. The van der Waals surface area contributed by atoms with Crippen LogP contribution in [-0.2, 0) is 6.42 Å². The lowest BCUT2D eigenvalue weighted by atomic mass is 10.2. The van der Waals surface area contributed by atoms with E-state index in [-0.39, 0.29) is 5.91 Å². The second kappa shape index (κ2) is 6.01. The van der Waals surface area contributed by atoms with Gasteiger partial charge in [0.05, 0.1) is 14.6 Å². The number of nitrogens with zero attached hydrogens (tertiary/aromatic N) is 1. The average molecular weight is 338 g/mol. The highest BCUT2D eigenvalue weighted by atomic mass is 35.5. The Hall–Kier alpha value is -1.63. The summed E-state index contributed by atoms with van der Waals surface area (Å²) in [6, 6.07) is 9.24. The molecule has 1 amide bonds. The number of anilines is 1. The summed E-state index contributed by atoms with van der Waals surface area (Å²) in [6.07, 6.45) is 0.777. The monoisotopic (exact) mass is 337 g/mol. The summed E-state index contributed by atoms with van der Waals surface area (Å²) in [6.45, 7) is 0.582. The Bertz CT molecular complexity index is 796. The van der Waals surface area contributed by atoms with E-state index in [1.807, 2.05) is 24.3 Å². The van der Waals surface area contributed by atoms with Gasteiger partial charge in [0.25, 0.3) is 5.91 Å². The van der Waals surface area contributed by atoms with E-state index in [1.54, 1.807) is 6.07 Å². The van der Waals surface area contributed by atoms with E-state index in [0.29, 0.717) is 17.2 Å². The molecule has 3 aromatic rings. The van der Waals surface area contributed by atoms with E-state index in [0.717, 1.165) is 25.9 Å². The summed E-state index contributed by atoms with van der Waals surface area (Å²) in [5.41, 5.74) is 7.10. The largest absolute Gasteiger partial charge is 0.375 e. The summed E-state index contributed by atoms with van der Waals surface area (Å²) in [4.78, 5) is 17.4. The second-order valence-corrected chi connectivity index (χ2v) is 7.31. The number of nitrogen functional groups attached to an aromatic ring is 1. The summed E-state index contributed by atoms with van der Waals surface area (Å²) in [5.74, 6) is -0.0912. The summed E-state index contributed by atoms with van der Waals surface area (Å²) in [5, 5.41) is 3.42. The summed E-state index contributed by atoms with van der Waals surface area (Å²) < 4.78 is 1.69. The summed E-state index contributed by atoms with van der Waals surface area (Å²) >= 11 is 8.79. The van der Waals surface area contributed by atoms with Crippen molar-refractivity contribution in [2.24, 2.45) is 0 Å². The first-order valence-corrected chi connectivity index (χ1v) is 8.31. The maximum absolute atomic E-state index is 12.1. The van der Waals surface area contributed by atoms with Crippen LogP contribution in [0.5, 0.6) is 0 Å². The molecule has 7 heteroatoms. The number of amides is 1. The van der Waals surface area contributed by atoms with Gasteiger partial charge in [-0.2, -0.15) is 0 Å². The van der Waals surface area contributed by atoms with Crippen LogP contribution >= 0.6 is 34.3 Å². The lowest BCUT2D eigenvalue weighted by molar-refractivity contribution is 0.0954. The molecule has 4 nitrogen and oxygen atoms in total. The smallest absolute Gasteiger partial charge is 0.251 e. The van der Waals surface area contributed by atoms with Gasteiger partial charge in [-0.25, -0.2) is 4.98 Å². The molecular weight excluding hydrogens is 326 g/mol. The molecule has 0 fully saturated rings. The SMILES string of the molecule is Nc1nc2ccc(C(=O)NCCc3ccc(Cl)s3)cc2s1. The van der Waals surface area contributed by atoms with E-state index in [1.165, 1.54) is 22.7 Å². The molecule has 0 unspecified atom stereocenters. The van der Waals surface area contributed by atoms with Crippen LogP contribution in [0.25, 0.3) is 10.2 Å². The topological polar surface area (TPSA) is 68.0 Å². The number of aromatic nitrogens is 1. The molecule has 0 radical (unpaired) electrons. The van der Waals surface area contributed by atoms with Crippen molar-refractivity contribution in [2.45, 2.75) is 6.42 Å². The minimum Gasteiger partial charge on any atom is -0.375 e. The number of fused-ring (bicyclic) bond motifs is 1. The standard InChI is InChI=1S/C14H12ClN3OS2/c15-12-4-2-9(20-12)5-6-17-13(19)8-1-3-10-11(7-8)21-14(16)18-10/h1-4,7H,5-6H2,(H2,16,18)(H,17,19). The van der Waals surface area contributed by atoms with Crippen LogP contribution in [0.4, 0.5) is 5.13 Å². The molecule has 0 aliphatic heterocycles. The van der Waals surface area contributed by atoms with Crippen molar-refractivity contribution in [1.29, 1.82) is 0 Å². The minimum atomic E-state index is -0.0912. The fourth-order valence-electron chi connectivity index (χ4n) is 1.97. The van der Waals surface area contributed by atoms with Gasteiger partial charge in [-0.1, -0.05) is 22.9 Å². The fourth-order valence-corrected chi connectivity index (χ4v) is 3.83. The van der Waals surface area contributed by atoms with Gasteiger partial charge in [0, 0.05) is 17.0 Å². The normalized spacial score (nSPS) is 10.9. The quantitative estimate of drug-likeness (QED) is 0.764. The molecule has 2 aromatic heterocycles. The van der Waals surface area contributed by atoms with Gasteiger partial charge in [-0.3, -0.25) is 4.79 Å². The highest BCUT2D eigenvalue weighted by Crippen LogP contribution is 2.24. The minimum absolute atomic E-state index is 0.0912. The van der Waals surface area contributed by atoms with E-state index in [2.05, 4.69) is 10.3 Å². The zero-order valence-electron chi connectivity index (χ0n) is 10.9. The lowest BCUT2D eigenvalue weighted by Crippen LogP contribution is -2.25. The van der Waals surface area contributed by atoms with Crippen molar-refractivity contribution < 1.29 is 4.79 Å². The number of carbonyl (C=O) groups excluding carboxylic acids is 1. The van der Waals surface area contributed by atoms with Crippen LogP contribution in [0.1, 0.15) is 15.2 Å². The number of nitrogens with one attached hydrogen (secondary N) is 1. The highest BCUT2D eigenvalue weighted by Gasteiger charge is 2.08. The van der Waals surface area contributed by atoms with Crippen molar-refractivity contribution in [2.75, 3.05) is 12.3 Å². The number of thiazole rings is 1. The molecule has 2 heterocycles. The fraction of sp³-hybridized carbons (Fsp3) is 0.143. The molecule has 21 heavy (non-hydrogen) atoms. The van der Waals surface area contributed by atoms with Gasteiger partial charge in [0.2, 0.25) is 0 Å². The molecule has 0 aliphatic rings. The molecule has 0 saturated carbocycles. The van der Waals surface area contributed by atoms with Gasteiger partial charge >= 0.3 is 0 Å². The summed E-state index contributed by atoms with van der Waals surface area (Å²) in [7, 11) is 0. The first-order valence-electron chi connectivity index (χ1n) is 6.30. The number of thiophene rings is 1. The molecule has 0 bridgehead atoms. The molecule has 0 saturated heterocycles. The van der Waals surface area contributed by atoms with Crippen LogP contribution in [0, 0.1) is 0 Å². The van der Waals surface area contributed by atoms with Gasteiger partial charge in [0.1, 0.15) is 0 Å². The van der Waals surface area contributed by atoms with Gasteiger partial charge in [-0.05, 0) is 36.8 Å². The number of nitrogens with two attached hydrogens (primary N) is 1. The van der Waals surface area contributed by atoms with Crippen molar-refractivity contribution in [3.63, 3.8) is 0 Å². The molecular formula is C14H12ClN3OS2. The number of carbonyl (C=O) groups is 1. The number of benzene rings is 1. The third kappa shape index (κ3) is 3.34. The Kier molecular flexibility index (Phi) is 4.10.